The van der Waals surface area contributed by atoms with Crippen LogP contribution in [0.25, 0.3) is 6.08 Å². The van der Waals surface area contributed by atoms with Crippen molar-refractivity contribution < 1.29 is 23.8 Å². The van der Waals surface area contributed by atoms with Crippen molar-refractivity contribution in [3.63, 3.8) is 0 Å². The van der Waals surface area contributed by atoms with E-state index < -0.39 is 12.1 Å². The number of benzene rings is 3. The summed E-state index contributed by atoms with van der Waals surface area (Å²) in [6.45, 7) is 0. The Balaban J connectivity index is 1.84. The van der Waals surface area contributed by atoms with E-state index in [2.05, 4.69) is 0 Å². The Labute approximate surface area is 175 Å². The number of carbonyl (C=O) groups is 2. The monoisotopic (exact) mass is 402 g/mol. The van der Waals surface area contributed by atoms with Crippen molar-refractivity contribution in [2.75, 3.05) is 14.2 Å². The first-order valence-electron chi connectivity index (χ1n) is 9.38. The fourth-order valence-electron chi connectivity index (χ4n) is 3.01. The number of rotatable bonds is 8. The molecule has 0 aromatic heterocycles. The van der Waals surface area contributed by atoms with Crippen LogP contribution in [0.2, 0.25) is 0 Å². The molecule has 0 radical (unpaired) electrons. The molecule has 0 spiro atoms. The SMILES string of the molecule is COc1cccc(/C=C/C(=O)O[C@@H](C(=O)c2ccccc2)c2ccccc2)c1OC. The van der Waals surface area contributed by atoms with Crippen LogP contribution >= 0.6 is 0 Å². The lowest BCUT2D eigenvalue weighted by atomic mass is 10.00. The van der Waals surface area contributed by atoms with E-state index in [1.54, 1.807) is 79.9 Å². The smallest absolute Gasteiger partial charge is 0.331 e. The Morgan fingerprint density at radius 2 is 1.47 bits per heavy atom. The van der Waals surface area contributed by atoms with E-state index in [1.807, 2.05) is 12.1 Å². The second-order valence-corrected chi connectivity index (χ2v) is 6.37. The molecular weight excluding hydrogens is 380 g/mol. The van der Waals surface area contributed by atoms with Gasteiger partial charge in [-0.05, 0) is 12.1 Å². The van der Waals surface area contributed by atoms with Gasteiger partial charge in [-0.1, -0.05) is 72.8 Å². The van der Waals surface area contributed by atoms with Crippen molar-refractivity contribution >= 4 is 17.8 Å². The third kappa shape index (κ3) is 4.94. The van der Waals surface area contributed by atoms with Crippen LogP contribution < -0.4 is 9.47 Å². The molecule has 0 amide bonds. The largest absolute Gasteiger partial charge is 0.493 e. The van der Waals surface area contributed by atoms with Gasteiger partial charge in [-0.3, -0.25) is 4.79 Å². The number of ketones is 1. The van der Waals surface area contributed by atoms with Crippen molar-refractivity contribution in [3.05, 3.63) is 102 Å². The molecule has 0 N–H and O–H groups in total. The number of methoxy groups -OCH3 is 2. The Kier molecular flexibility index (Phi) is 7.00. The first-order chi connectivity index (χ1) is 14.6. The predicted octanol–water partition coefficient (Wildman–Crippen LogP) is 4.88. The average molecular weight is 402 g/mol. The topological polar surface area (TPSA) is 61.8 Å². The number of Topliss-reactive ketones (excluding diaryl/α,β-unsaturated/α-hetero) is 1. The molecule has 0 bridgehead atoms. The molecule has 3 aromatic carbocycles. The summed E-state index contributed by atoms with van der Waals surface area (Å²) in [4.78, 5) is 25.6. The molecule has 0 aliphatic carbocycles. The average Bonchev–Trinajstić information content (AvgIpc) is 2.81. The van der Waals surface area contributed by atoms with Crippen molar-refractivity contribution in [3.8, 4) is 11.5 Å². The van der Waals surface area contributed by atoms with Gasteiger partial charge < -0.3 is 14.2 Å². The fraction of sp³-hybridized carbons (Fsp3) is 0.120. The van der Waals surface area contributed by atoms with Gasteiger partial charge in [0, 0.05) is 22.8 Å². The molecule has 5 nitrogen and oxygen atoms in total. The van der Waals surface area contributed by atoms with Crippen LogP contribution in [-0.4, -0.2) is 26.0 Å². The van der Waals surface area contributed by atoms with Gasteiger partial charge in [0.2, 0.25) is 5.78 Å². The van der Waals surface area contributed by atoms with E-state index in [0.29, 0.717) is 28.2 Å². The summed E-state index contributed by atoms with van der Waals surface area (Å²) in [6, 6.07) is 23.0. The maximum Gasteiger partial charge on any atom is 0.331 e. The van der Waals surface area contributed by atoms with Crippen LogP contribution in [0.3, 0.4) is 0 Å². The van der Waals surface area contributed by atoms with E-state index in [0.717, 1.165) is 0 Å². The summed E-state index contributed by atoms with van der Waals surface area (Å²) in [5.74, 6) is 0.124. The number of esters is 1. The summed E-state index contributed by atoms with van der Waals surface area (Å²) in [6.07, 6.45) is 1.79. The van der Waals surface area contributed by atoms with Gasteiger partial charge in [0.15, 0.2) is 17.6 Å². The zero-order valence-electron chi connectivity index (χ0n) is 16.8. The number of hydrogen-bond donors (Lipinski definition) is 0. The summed E-state index contributed by atoms with van der Waals surface area (Å²) in [7, 11) is 3.07. The van der Waals surface area contributed by atoms with Crippen LogP contribution in [-0.2, 0) is 9.53 Å². The lowest BCUT2D eigenvalue weighted by Gasteiger charge is -2.16. The van der Waals surface area contributed by atoms with Crippen LogP contribution in [0.4, 0.5) is 0 Å². The number of para-hydroxylation sites is 1. The minimum Gasteiger partial charge on any atom is -0.493 e. The number of hydrogen-bond acceptors (Lipinski definition) is 5. The molecule has 0 unspecified atom stereocenters. The standard InChI is InChI=1S/C25H22O5/c1-28-21-15-9-14-20(24(21)29-2)16-17-22(26)30-25(19-12-7-4-8-13-19)23(27)18-10-5-3-6-11-18/h3-17,25H,1-2H3/b17-16+/t25-/m1/s1. The molecule has 1 atom stereocenters. The van der Waals surface area contributed by atoms with Gasteiger partial charge in [-0.25, -0.2) is 4.79 Å². The predicted molar refractivity (Wildman–Crippen MR) is 115 cm³/mol. The Bertz CT molecular complexity index is 1030. The van der Waals surface area contributed by atoms with E-state index in [9.17, 15) is 9.59 Å². The van der Waals surface area contributed by atoms with E-state index >= 15 is 0 Å². The highest BCUT2D eigenvalue weighted by atomic mass is 16.5. The number of ether oxygens (including phenoxy) is 3. The van der Waals surface area contributed by atoms with E-state index in [4.69, 9.17) is 14.2 Å². The lowest BCUT2D eigenvalue weighted by molar-refractivity contribution is -0.141. The fourth-order valence-corrected chi connectivity index (χ4v) is 3.01. The minimum absolute atomic E-state index is 0.289. The van der Waals surface area contributed by atoms with E-state index in [1.165, 1.54) is 13.2 Å². The second-order valence-electron chi connectivity index (χ2n) is 6.37. The summed E-state index contributed by atoms with van der Waals surface area (Å²) in [5, 5.41) is 0. The van der Waals surface area contributed by atoms with Crippen LogP contribution in [0.15, 0.2) is 84.9 Å². The summed E-state index contributed by atoms with van der Waals surface area (Å²) in [5.41, 5.74) is 1.73. The Morgan fingerprint density at radius 3 is 2.10 bits per heavy atom. The van der Waals surface area contributed by atoms with Crippen molar-refractivity contribution in [2.24, 2.45) is 0 Å². The molecule has 3 rings (SSSR count). The molecule has 0 aliphatic rings. The summed E-state index contributed by atoms with van der Waals surface area (Å²) >= 11 is 0. The van der Waals surface area contributed by atoms with Crippen LogP contribution in [0.1, 0.15) is 27.6 Å². The normalized spacial score (nSPS) is 11.7. The first kappa shape index (κ1) is 20.9. The van der Waals surface area contributed by atoms with Gasteiger partial charge in [0.05, 0.1) is 14.2 Å². The van der Waals surface area contributed by atoms with Gasteiger partial charge in [-0.2, -0.15) is 0 Å². The van der Waals surface area contributed by atoms with Crippen LogP contribution in [0.5, 0.6) is 11.5 Å². The molecule has 0 aliphatic heterocycles. The Hall–Kier alpha value is -3.86. The van der Waals surface area contributed by atoms with Gasteiger partial charge in [0.25, 0.3) is 0 Å². The molecule has 3 aromatic rings. The molecule has 0 heterocycles. The van der Waals surface area contributed by atoms with E-state index in [-0.39, 0.29) is 5.78 Å². The minimum atomic E-state index is -1.04. The molecule has 0 saturated carbocycles. The van der Waals surface area contributed by atoms with Crippen LogP contribution in [0, 0.1) is 0 Å². The molecule has 0 saturated heterocycles. The quantitative estimate of drug-likeness (QED) is 0.305. The molecular formula is C25H22O5. The molecule has 152 valence electrons. The van der Waals surface area contributed by atoms with Gasteiger partial charge in [-0.15, -0.1) is 0 Å². The molecule has 5 heteroatoms. The zero-order chi connectivity index (χ0) is 21.3. The third-order valence-corrected chi connectivity index (χ3v) is 4.47. The maximum absolute atomic E-state index is 13.0. The summed E-state index contributed by atoms with van der Waals surface area (Å²) < 4.78 is 16.2. The highest BCUT2D eigenvalue weighted by Crippen LogP contribution is 2.31. The highest BCUT2D eigenvalue weighted by molar-refractivity contribution is 6.01. The highest BCUT2D eigenvalue weighted by Gasteiger charge is 2.25. The maximum atomic E-state index is 13.0. The molecule has 30 heavy (non-hydrogen) atoms. The molecule has 0 fully saturated rings. The second kappa shape index (κ2) is 10.1. The van der Waals surface area contributed by atoms with Crippen molar-refractivity contribution in [1.29, 1.82) is 0 Å². The number of carbonyl (C=O) groups excluding carboxylic acids is 2. The third-order valence-electron chi connectivity index (χ3n) is 4.47. The van der Waals surface area contributed by atoms with Crippen molar-refractivity contribution in [2.45, 2.75) is 6.10 Å². The first-order valence-corrected chi connectivity index (χ1v) is 9.38. The van der Waals surface area contributed by atoms with Crippen molar-refractivity contribution in [1.82, 2.24) is 0 Å². The zero-order valence-corrected chi connectivity index (χ0v) is 16.8. The Morgan fingerprint density at radius 1 is 0.800 bits per heavy atom. The van der Waals surface area contributed by atoms with Gasteiger partial charge >= 0.3 is 5.97 Å². The van der Waals surface area contributed by atoms with Gasteiger partial charge in [0.1, 0.15) is 0 Å². The lowest BCUT2D eigenvalue weighted by Crippen LogP contribution is -2.19.